The van der Waals surface area contributed by atoms with Gasteiger partial charge in [0.25, 0.3) is 0 Å². The van der Waals surface area contributed by atoms with Crippen LogP contribution in [-0.4, -0.2) is 63.0 Å². The first-order valence-electron chi connectivity index (χ1n) is 14.2. The van der Waals surface area contributed by atoms with Gasteiger partial charge in [0.1, 0.15) is 11.2 Å². The number of thioether (sulfide) groups is 1. The number of benzene rings is 3. The normalized spacial score (nSPS) is 16.1. The Labute approximate surface area is 254 Å². The summed E-state index contributed by atoms with van der Waals surface area (Å²) in [6, 6.07) is 22.1. The third-order valence-electron chi connectivity index (χ3n) is 7.15. The van der Waals surface area contributed by atoms with E-state index in [0.717, 1.165) is 36.4 Å². The van der Waals surface area contributed by atoms with Gasteiger partial charge in [-0.3, -0.25) is 0 Å². The maximum atomic E-state index is 12.5. The first kappa shape index (κ1) is 30.7. The van der Waals surface area contributed by atoms with Crippen LogP contribution in [0, 0.1) is 0 Å². The van der Waals surface area contributed by atoms with Crippen LogP contribution in [0.5, 0.6) is 5.75 Å². The van der Waals surface area contributed by atoms with Crippen molar-refractivity contribution >= 4 is 23.4 Å². The first-order chi connectivity index (χ1) is 20.6. The molecule has 228 valence electrons. The van der Waals surface area contributed by atoms with Crippen molar-refractivity contribution in [1.29, 1.82) is 0 Å². The highest BCUT2D eigenvalue weighted by Gasteiger charge is 2.31. The number of hydrazine groups is 1. The lowest BCUT2D eigenvalue weighted by molar-refractivity contribution is -0.274. The summed E-state index contributed by atoms with van der Waals surface area (Å²) in [6.07, 6.45) is -3.62. The van der Waals surface area contributed by atoms with Crippen LogP contribution >= 0.6 is 11.8 Å². The van der Waals surface area contributed by atoms with E-state index in [1.807, 2.05) is 23.9 Å². The predicted molar refractivity (Wildman–Crippen MR) is 166 cm³/mol. The maximum Gasteiger partial charge on any atom is 0.573 e. The van der Waals surface area contributed by atoms with Gasteiger partial charge in [-0.1, -0.05) is 56.3 Å². The van der Waals surface area contributed by atoms with Crippen molar-refractivity contribution in [2.75, 3.05) is 37.0 Å². The molecule has 1 saturated heterocycles. The molecule has 3 aromatic carbocycles. The summed E-state index contributed by atoms with van der Waals surface area (Å²) >= 11 is 1.92. The van der Waals surface area contributed by atoms with E-state index in [-0.39, 0.29) is 11.2 Å². The Kier molecular flexibility index (Phi) is 9.48. The average Bonchev–Trinajstić information content (AvgIpc) is 3.42. The Morgan fingerprint density at radius 2 is 1.77 bits per heavy atom. The highest BCUT2D eigenvalue weighted by atomic mass is 32.2. The topological polar surface area (TPSA) is 70.5 Å². The zero-order valence-electron chi connectivity index (χ0n) is 24.6. The van der Waals surface area contributed by atoms with Crippen molar-refractivity contribution in [2.45, 2.75) is 44.6 Å². The molecule has 1 unspecified atom stereocenters. The molecule has 0 bridgehead atoms. The van der Waals surface area contributed by atoms with E-state index in [0.29, 0.717) is 23.4 Å². The second kappa shape index (κ2) is 13.3. The van der Waals surface area contributed by atoms with Gasteiger partial charge in [-0.15, -0.1) is 30.0 Å². The molecule has 5 rings (SSSR count). The third kappa shape index (κ3) is 7.62. The van der Waals surface area contributed by atoms with Crippen molar-refractivity contribution < 1.29 is 17.9 Å². The summed E-state index contributed by atoms with van der Waals surface area (Å²) in [5.41, 5.74) is 5.17. The SMILES string of the molecule is CNc1nc(-c2ccc(CN(C)N3CCCSC3Nc3ccccc3C(C)C)cc2)nn1-c1ccc(OC(F)(F)F)cc1. The van der Waals surface area contributed by atoms with Crippen LogP contribution in [0.15, 0.2) is 72.8 Å². The smallest absolute Gasteiger partial charge is 0.406 e. The van der Waals surface area contributed by atoms with Gasteiger partial charge in [0.05, 0.1) is 5.69 Å². The van der Waals surface area contributed by atoms with E-state index in [4.69, 9.17) is 0 Å². The number of hydrogen-bond donors (Lipinski definition) is 2. The summed E-state index contributed by atoms with van der Waals surface area (Å²) in [7, 11) is 3.84. The molecule has 0 spiro atoms. The summed E-state index contributed by atoms with van der Waals surface area (Å²) in [5.74, 6) is 2.21. The highest BCUT2D eigenvalue weighted by molar-refractivity contribution is 7.99. The molecule has 2 N–H and O–H groups in total. The molecule has 0 radical (unpaired) electrons. The van der Waals surface area contributed by atoms with Gasteiger partial charge in [-0.2, -0.15) is 9.67 Å². The van der Waals surface area contributed by atoms with Gasteiger partial charge < -0.3 is 15.4 Å². The molecule has 0 amide bonds. The van der Waals surface area contributed by atoms with E-state index in [9.17, 15) is 13.2 Å². The Balaban J connectivity index is 1.27. The van der Waals surface area contributed by atoms with Crippen LogP contribution in [0.25, 0.3) is 17.1 Å². The minimum absolute atomic E-state index is 0.139. The number of nitrogens with one attached hydrogen (secondary N) is 2. The molecule has 1 aliphatic rings. The van der Waals surface area contributed by atoms with Gasteiger partial charge in [0.15, 0.2) is 5.82 Å². The summed E-state index contributed by atoms with van der Waals surface area (Å²) < 4.78 is 43.1. The molecule has 43 heavy (non-hydrogen) atoms. The molecular weight excluding hydrogens is 575 g/mol. The van der Waals surface area contributed by atoms with E-state index in [1.54, 1.807) is 11.7 Å². The van der Waals surface area contributed by atoms with Crippen LogP contribution in [-0.2, 0) is 6.54 Å². The molecule has 1 fully saturated rings. The maximum absolute atomic E-state index is 12.5. The van der Waals surface area contributed by atoms with E-state index in [1.165, 1.54) is 35.5 Å². The molecular formula is C31H36F3N7OS. The zero-order valence-corrected chi connectivity index (χ0v) is 25.4. The fraction of sp³-hybridized carbons (Fsp3) is 0.355. The first-order valence-corrected chi connectivity index (χ1v) is 15.2. The molecule has 1 aromatic heterocycles. The van der Waals surface area contributed by atoms with Crippen molar-refractivity contribution in [3.8, 4) is 22.8 Å². The number of para-hydroxylation sites is 1. The lowest BCUT2D eigenvalue weighted by Crippen LogP contribution is -2.51. The van der Waals surface area contributed by atoms with Crippen LogP contribution in [0.2, 0.25) is 0 Å². The largest absolute Gasteiger partial charge is 0.573 e. The summed E-state index contributed by atoms with van der Waals surface area (Å²) in [6.45, 7) is 6.15. The van der Waals surface area contributed by atoms with Gasteiger partial charge in [0.2, 0.25) is 5.95 Å². The molecule has 1 atom stereocenters. The van der Waals surface area contributed by atoms with Gasteiger partial charge in [-0.05, 0) is 59.6 Å². The minimum Gasteiger partial charge on any atom is -0.406 e. The summed E-state index contributed by atoms with van der Waals surface area (Å²) in [4.78, 5) is 4.59. The fourth-order valence-electron chi connectivity index (χ4n) is 5.04. The minimum atomic E-state index is -4.75. The van der Waals surface area contributed by atoms with Gasteiger partial charge >= 0.3 is 6.36 Å². The number of rotatable bonds is 10. The second-order valence-electron chi connectivity index (χ2n) is 10.6. The lowest BCUT2D eigenvalue weighted by Gasteiger charge is -2.41. The molecule has 4 aromatic rings. The molecule has 2 heterocycles. The Hall–Kier alpha value is -3.74. The Morgan fingerprint density at radius 3 is 2.44 bits per heavy atom. The fourth-order valence-corrected chi connectivity index (χ4v) is 6.20. The molecule has 0 saturated carbocycles. The highest BCUT2D eigenvalue weighted by Crippen LogP contribution is 2.31. The van der Waals surface area contributed by atoms with Gasteiger partial charge in [0, 0.05) is 38.4 Å². The van der Waals surface area contributed by atoms with E-state index < -0.39 is 6.36 Å². The number of anilines is 2. The number of nitrogens with zero attached hydrogens (tertiary/aromatic N) is 5. The molecule has 12 heteroatoms. The number of alkyl halides is 3. The molecule has 1 aliphatic heterocycles. The third-order valence-corrected chi connectivity index (χ3v) is 8.35. The number of hydrogen-bond acceptors (Lipinski definition) is 8. The van der Waals surface area contributed by atoms with E-state index in [2.05, 4.69) is 92.8 Å². The van der Waals surface area contributed by atoms with E-state index >= 15 is 0 Å². The van der Waals surface area contributed by atoms with Gasteiger partial charge in [-0.25, -0.2) is 10.0 Å². The number of aromatic nitrogens is 3. The van der Waals surface area contributed by atoms with Crippen LogP contribution < -0.4 is 15.4 Å². The standard InChI is InChI=1S/C31H36F3N7OS/c1-21(2)26-8-5-6-9-27(26)36-30-40(18-7-19-43-30)39(4)20-22-10-12-23(13-11-22)28-37-29(35-3)41(38-28)24-14-16-25(17-15-24)42-31(32,33)34/h5-6,8-17,21,30,36H,7,18-20H2,1-4H3,(H,35,37,38). The summed E-state index contributed by atoms with van der Waals surface area (Å²) in [5, 5.41) is 16.1. The number of ether oxygens (including phenoxy) is 1. The Bertz CT molecular complexity index is 1490. The monoisotopic (exact) mass is 611 g/mol. The van der Waals surface area contributed by atoms with Crippen LogP contribution in [0.1, 0.15) is 37.3 Å². The van der Waals surface area contributed by atoms with Crippen molar-refractivity contribution in [1.82, 2.24) is 24.8 Å². The average molecular weight is 612 g/mol. The quantitative estimate of drug-likeness (QED) is 0.196. The molecule has 0 aliphatic carbocycles. The lowest BCUT2D eigenvalue weighted by atomic mass is 10.0. The predicted octanol–water partition coefficient (Wildman–Crippen LogP) is 7.18. The number of halogens is 3. The molecule has 8 nitrogen and oxygen atoms in total. The Morgan fingerprint density at radius 1 is 1.05 bits per heavy atom. The van der Waals surface area contributed by atoms with Crippen LogP contribution in [0.3, 0.4) is 0 Å². The van der Waals surface area contributed by atoms with Crippen molar-refractivity contribution in [2.24, 2.45) is 0 Å². The van der Waals surface area contributed by atoms with Crippen molar-refractivity contribution in [3.63, 3.8) is 0 Å². The van der Waals surface area contributed by atoms with Crippen LogP contribution in [0.4, 0.5) is 24.8 Å². The van der Waals surface area contributed by atoms with Crippen molar-refractivity contribution in [3.05, 3.63) is 83.9 Å². The zero-order chi connectivity index (χ0) is 30.6. The second-order valence-corrected chi connectivity index (χ2v) is 11.8.